The number of carboxylic acid groups (broad SMARTS) is 1. The predicted octanol–water partition coefficient (Wildman–Crippen LogP) is 1.97. The van der Waals surface area contributed by atoms with Crippen LogP contribution < -0.4 is 4.74 Å². The van der Waals surface area contributed by atoms with Crippen LogP contribution in [-0.4, -0.2) is 45.7 Å². The summed E-state index contributed by atoms with van der Waals surface area (Å²) in [5, 5.41) is 9.03. The van der Waals surface area contributed by atoms with E-state index < -0.39 is 12.0 Å². The van der Waals surface area contributed by atoms with E-state index in [2.05, 4.69) is 0 Å². The molecule has 0 radical (unpaired) electrons. The Balaban J connectivity index is 2.00. The lowest BCUT2D eigenvalue weighted by atomic mass is 10.2. The van der Waals surface area contributed by atoms with E-state index in [9.17, 15) is 19.1 Å². The van der Waals surface area contributed by atoms with Crippen molar-refractivity contribution in [1.29, 1.82) is 0 Å². The quantitative estimate of drug-likeness (QED) is 0.900. The maximum Gasteiger partial charge on any atom is 0.327 e. The van der Waals surface area contributed by atoms with E-state index in [-0.39, 0.29) is 23.7 Å². The Kier molecular flexibility index (Phi) is 5.06. The second-order valence-corrected chi connectivity index (χ2v) is 5.80. The molecule has 1 N–H and O–H groups in total. The van der Waals surface area contributed by atoms with Crippen molar-refractivity contribution in [3.63, 3.8) is 0 Å². The van der Waals surface area contributed by atoms with Crippen LogP contribution in [0.25, 0.3) is 0 Å². The van der Waals surface area contributed by atoms with Gasteiger partial charge in [0.25, 0.3) is 5.91 Å². The number of benzene rings is 1. The fourth-order valence-electron chi connectivity index (χ4n) is 2.15. The van der Waals surface area contributed by atoms with Crippen LogP contribution in [0.5, 0.6) is 5.75 Å². The molecule has 0 aliphatic carbocycles. The summed E-state index contributed by atoms with van der Waals surface area (Å²) < 4.78 is 18.1. The van der Waals surface area contributed by atoms with Crippen LogP contribution in [0.4, 0.5) is 4.39 Å². The number of thioether (sulfide) groups is 1. The van der Waals surface area contributed by atoms with Crippen molar-refractivity contribution in [1.82, 2.24) is 4.90 Å². The monoisotopic (exact) mass is 313 g/mol. The molecule has 2 atom stereocenters. The SMILES string of the molecule is CCC1SCC(C(=O)O)N1C(=O)COc1ccc(F)cc1. The number of carboxylic acids is 1. The van der Waals surface area contributed by atoms with Crippen LogP contribution in [-0.2, 0) is 9.59 Å². The second kappa shape index (κ2) is 6.80. The summed E-state index contributed by atoms with van der Waals surface area (Å²) in [6, 6.07) is 4.51. The fraction of sp³-hybridized carbons (Fsp3) is 0.429. The molecular formula is C14H16FNO4S. The van der Waals surface area contributed by atoms with Crippen molar-refractivity contribution < 1.29 is 23.8 Å². The van der Waals surface area contributed by atoms with Crippen molar-refractivity contribution in [2.45, 2.75) is 24.8 Å². The number of nitrogens with zero attached hydrogens (tertiary/aromatic N) is 1. The molecule has 1 saturated heterocycles. The van der Waals surface area contributed by atoms with E-state index >= 15 is 0 Å². The van der Waals surface area contributed by atoms with Crippen molar-refractivity contribution in [2.75, 3.05) is 12.4 Å². The average molecular weight is 313 g/mol. The van der Waals surface area contributed by atoms with E-state index in [0.29, 0.717) is 17.9 Å². The van der Waals surface area contributed by atoms with Gasteiger partial charge in [-0.2, -0.15) is 0 Å². The molecule has 1 aromatic carbocycles. The molecule has 21 heavy (non-hydrogen) atoms. The van der Waals surface area contributed by atoms with Crippen molar-refractivity contribution in [2.24, 2.45) is 0 Å². The molecule has 0 aromatic heterocycles. The van der Waals surface area contributed by atoms with Gasteiger partial charge in [0.1, 0.15) is 17.6 Å². The molecule has 2 unspecified atom stereocenters. The van der Waals surface area contributed by atoms with E-state index in [1.807, 2.05) is 6.92 Å². The smallest absolute Gasteiger partial charge is 0.327 e. The summed E-state index contributed by atoms with van der Waals surface area (Å²) in [6.07, 6.45) is 0.677. The molecule has 1 aliphatic heterocycles. The summed E-state index contributed by atoms with van der Waals surface area (Å²) in [6.45, 7) is 1.65. The number of ether oxygens (including phenoxy) is 1. The summed E-state index contributed by atoms with van der Waals surface area (Å²) in [7, 11) is 0. The van der Waals surface area contributed by atoms with Crippen molar-refractivity contribution in [3.8, 4) is 5.75 Å². The Morgan fingerprint density at radius 2 is 2.10 bits per heavy atom. The third kappa shape index (κ3) is 3.66. The van der Waals surface area contributed by atoms with Crippen molar-refractivity contribution >= 4 is 23.6 Å². The Labute approximate surface area is 126 Å². The first-order valence-electron chi connectivity index (χ1n) is 6.57. The minimum absolute atomic E-state index is 0.143. The summed E-state index contributed by atoms with van der Waals surface area (Å²) in [5.41, 5.74) is 0. The molecule has 1 amide bonds. The minimum Gasteiger partial charge on any atom is -0.484 e. The molecule has 1 aliphatic rings. The zero-order chi connectivity index (χ0) is 15.4. The molecule has 0 saturated carbocycles. The number of carbonyl (C=O) groups excluding carboxylic acids is 1. The van der Waals surface area contributed by atoms with E-state index in [0.717, 1.165) is 0 Å². The van der Waals surface area contributed by atoms with E-state index in [4.69, 9.17) is 4.74 Å². The summed E-state index contributed by atoms with van der Waals surface area (Å²) in [4.78, 5) is 24.8. The van der Waals surface area contributed by atoms with Gasteiger partial charge in [0.05, 0.1) is 5.37 Å². The molecule has 1 fully saturated rings. The van der Waals surface area contributed by atoms with Crippen molar-refractivity contribution in [3.05, 3.63) is 30.1 Å². The number of rotatable bonds is 5. The molecule has 1 aromatic rings. The number of halogens is 1. The number of hydrogen-bond acceptors (Lipinski definition) is 4. The van der Waals surface area contributed by atoms with Gasteiger partial charge in [0, 0.05) is 5.75 Å². The van der Waals surface area contributed by atoms with Gasteiger partial charge in [-0.05, 0) is 30.7 Å². The largest absolute Gasteiger partial charge is 0.484 e. The minimum atomic E-state index is -1.01. The van der Waals surface area contributed by atoms with Gasteiger partial charge in [-0.1, -0.05) is 6.92 Å². The highest BCUT2D eigenvalue weighted by atomic mass is 32.2. The molecule has 2 rings (SSSR count). The lowest BCUT2D eigenvalue weighted by molar-refractivity contribution is -0.149. The Bertz CT molecular complexity index is 522. The average Bonchev–Trinajstić information content (AvgIpc) is 2.90. The van der Waals surface area contributed by atoms with Gasteiger partial charge in [0.2, 0.25) is 0 Å². The molecular weight excluding hydrogens is 297 g/mol. The highest BCUT2D eigenvalue weighted by Crippen LogP contribution is 2.31. The normalized spacial score (nSPS) is 21.3. The number of amides is 1. The summed E-state index contributed by atoms with van der Waals surface area (Å²) >= 11 is 1.46. The first kappa shape index (κ1) is 15.6. The van der Waals surface area contributed by atoms with E-state index in [1.165, 1.54) is 40.9 Å². The van der Waals surface area contributed by atoms with E-state index in [1.54, 1.807) is 0 Å². The molecule has 7 heteroatoms. The first-order valence-corrected chi connectivity index (χ1v) is 7.61. The van der Waals surface area contributed by atoms with Crippen LogP contribution in [0.3, 0.4) is 0 Å². The van der Waals surface area contributed by atoms with Gasteiger partial charge in [-0.3, -0.25) is 4.79 Å². The third-order valence-corrected chi connectivity index (χ3v) is 4.64. The van der Waals surface area contributed by atoms with Crippen LogP contribution in [0.2, 0.25) is 0 Å². The van der Waals surface area contributed by atoms with Gasteiger partial charge in [-0.15, -0.1) is 11.8 Å². The third-order valence-electron chi connectivity index (χ3n) is 3.19. The topological polar surface area (TPSA) is 66.8 Å². The van der Waals surface area contributed by atoms with Gasteiger partial charge in [0.15, 0.2) is 6.61 Å². The highest BCUT2D eigenvalue weighted by molar-refractivity contribution is 8.00. The molecule has 5 nitrogen and oxygen atoms in total. The Morgan fingerprint density at radius 1 is 1.43 bits per heavy atom. The molecule has 0 bridgehead atoms. The first-order chi connectivity index (χ1) is 10.0. The van der Waals surface area contributed by atoms with Crippen LogP contribution >= 0.6 is 11.8 Å². The highest BCUT2D eigenvalue weighted by Gasteiger charge is 2.40. The fourth-order valence-corrected chi connectivity index (χ4v) is 3.52. The Morgan fingerprint density at radius 3 is 2.67 bits per heavy atom. The zero-order valence-corrected chi connectivity index (χ0v) is 12.3. The number of hydrogen-bond donors (Lipinski definition) is 1. The second-order valence-electron chi connectivity index (χ2n) is 4.59. The maximum atomic E-state index is 12.8. The lowest BCUT2D eigenvalue weighted by Crippen LogP contribution is -2.47. The van der Waals surface area contributed by atoms with Crippen LogP contribution in [0.15, 0.2) is 24.3 Å². The lowest BCUT2D eigenvalue weighted by Gasteiger charge is -2.26. The Hall–Kier alpha value is -1.76. The van der Waals surface area contributed by atoms with Gasteiger partial charge >= 0.3 is 5.97 Å². The van der Waals surface area contributed by atoms with Gasteiger partial charge < -0.3 is 14.7 Å². The zero-order valence-electron chi connectivity index (χ0n) is 11.5. The van der Waals surface area contributed by atoms with Crippen LogP contribution in [0, 0.1) is 5.82 Å². The van der Waals surface area contributed by atoms with Gasteiger partial charge in [-0.25, -0.2) is 9.18 Å². The van der Waals surface area contributed by atoms with Crippen LogP contribution in [0.1, 0.15) is 13.3 Å². The molecule has 114 valence electrons. The molecule has 0 spiro atoms. The number of aliphatic carboxylic acids is 1. The predicted molar refractivity (Wildman–Crippen MR) is 76.7 cm³/mol. The maximum absolute atomic E-state index is 12.8. The summed E-state index contributed by atoms with van der Waals surface area (Å²) in [5.74, 6) is -1.01. The molecule has 1 heterocycles. The standard InChI is InChI=1S/C14H16FNO4S/c1-2-13-16(11(8-21-13)14(18)19)12(17)7-20-10-5-3-9(15)4-6-10/h3-6,11,13H,2,7-8H2,1H3,(H,18,19). The number of carbonyl (C=O) groups is 2.